The molecule has 0 saturated heterocycles. The third-order valence-corrected chi connectivity index (χ3v) is 18.6. The van der Waals surface area contributed by atoms with Crippen LogP contribution in [-0.2, 0) is 65.4 Å². The fraction of sp³-hybridized carbons (Fsp3) is 0.735. The second-order valence-corrected chi connectivity index (χ2v) is 29.5. The highest BCUT2D eigenvalue weighted by Gasteiger charge is 2.30. The van der Waals surface area contributed by atoms with Crippen LogP contribution in [0.25, 0.3) is 0 Å². The van der Waals surface area contributed by atoms with Crippen molar-refractivity contribution in [2.45, 2.75) is 354 Å². The number of ether oxygens (including phenoxy) is 4. The van der Waals surface area contributed by atoms with Gasteiger partial charge in [-0.15, -0.1) is 0 Å². The number of allylic oxidation sites excluding steroid dienone is 18. The van der Waals surface area contributed by atoms with Gasteiger partial charge in [-0.05, 0) is 141 Å². The summed E-state index contributed by atoms with van der Waals surface area (Å²) in [4.78, 5) is 72.9. The van der Waals surface area contributed by atoms with Crippen molar-refractivity contribution >= 4 is 39.5 Å². The zero-order valence-electron chi connectivity index (χ0n) is 64.3. The van der Waals surface area contributed by atoms with Crippen LogP contribution in [0.3, 0.4) is 0 Å². The molecule has 0 aromatic heterocycles. The molecule has 0 heterocycles. The molecule has 3 N–H and O–H groups in total. The van der Waals surface area contributed by atoms with Crippen LogP contribution in [0.1, 0.15) is 336 Å². The van der Waals surface area contributed by atoms with Gasteiger partial charge in [0.15, 0.2) is 12.2 Å². The Balaban J connectivity index is 5.43. The molecule has 0 saturated carbocycles. The summed E-state index contributed by atoms with van der Waals surface area (Å²) >= 11 is 0. The van der Waals surface area contributed by atoms with Crippen LogP contribution in [0, 0.1) is 0 Å². The number of esters is 4. The number of hydrogen-bond donors (Lipinski definition) is 3. The van der Waals surface area contributed by atoms with E-state index >= 15 is 0 Å². The lowest BCUT2D eigenvalue weighted by molar-refractivity contribution is -0.161. The minimum atomic E-state index is -5.00. The van der Waals surface area contributed by atoms with Crippen molar-refractivity contribution in [2.24, 2.45) is 0 Å². The van der Waals surface area contributed by atoms with Crippen molar-refractivity contribution < 1.29 is 80.2 Å². The minimum absolute atomic E-state index is 0.0327. The van der Waals surface area contributed by atoms with Gasteiger partial charge in [-0.25, -0.2) is 9.13 Å². The van der Waals surface area contributed by atoms with E-state index in [0.29, 0.717) is 32.1 Å². The van der Waals surface area contributed by atoms with E-state index in [0.717, 1.165) is 148 Å². The van der Waals surface area contributed by atoms with Crippen molar-refractivity contribution in [2.75, 3.05) is 39.6 Å². The maximum Gasteiger partial charge on any atom is 0.472 e. The SMILES string of the molecule is CC/C=C\C/C=C\C/C=C\C/C=C\C/C=C\C/C=C\CCC(=O)O[C@H](COC(=O)CCCCCCC/C=C\CCCCCCCC)COP(=O)(O)OC[C@@H](O)COP(=O)(O)OC[C@@H](COC(=O)CCCCCCC/C=C\CCCCCCCC)OC(=O)CCCCCCC/C=C\CCCCCC. The summed E-state index contributed by atoms with van der Waals surface area (Å²) in [5, 5.41) is 10.6. The molecule has 0 bridgehead atoms. The predicted molar refractivity (Wildman–Crippen MR) is 418 cm³/mol. The van der Waals surface area contributed by atoms with Crippen LogP contribution >= 0.6 is 15.6 Å². The summed E-state index contributed by atoms with van der Waals surface area (Å²) in [5.41, 5.74) is 0. The number of unbranched alkanes of at least 4 members (excludes halogenated alkanes) is 31. The van der Waals surface area contributed by atoms with Crippen LogP contribution in [0.4, 0.5) is 0 Å². The van der Waals surface area contributed by atoms with Gasteiger partial charge in [0.25, 0.3) is 0 Å². The molecule has 588 valence electrons. The highest BCUT2D eigenvalue weighted by atomic mass is 31.2. The Morgan fingerprint density at radius 1 is 0.284 bits per heavy atom. The average molecular weight is 1480 g/mol. The molecule has 0 aromatic carbocycles. The van der Waals surface area contributed by atoms with E-state index in [1.54, 1.807) is 0 Å². The maximum absolute atomic E-state index is 13.1. The monoisotopic (exact) mass is 1470 g/mol. The van der Waals surface area contributed by atoms with Crippen LogP contribution in [-0.4, -0.2) is 96.7 Å². The Morgan fingerprint density at radius 3 is 0.853 bits per heavy atom. The second-order valence-electron chi connectivity index (χ2n) is 26.6. The topological polar surface area (TPSA) is 237 Å². The normalized spacial score (nSPS) is 14.5. The minimum Gasteiger partial charge on any atom is -0.462 e. The van der Waals surface area contributed by atoms with Crippen LogP contribution in [0.5, 0.6) is 0 Å². The highest BCUT2D eigenvalue weighted by molar-refractivity contribution is 7.47. The molecule has 0 radical (unpaired) electrons. The van der Waals surface area contributed by atoms with Gasteiger partial charge in [-0.3, -0.25) is 37.3 Å². The molecule has 0 aromatic rings. The van der Waals surface area contributed by atoms with Crippen LogP contribution < -0.4 is 0 Å². The second kappa shape index (κ2) is 75.0. The zero-order valence-corrected chi connectivity index (χ0v) is 66.0. The Bertz CT molecular complexity index is 2360. The zero-order chi connectivity index (χ0) is 74.6. The number of carbonyl (C=O) groups excluding carboxylic acids is 4. The van der Waals surface area contributed by atoms with Crippen molar-refractivity contribution in [3.63, 3.8) is 0 Å². The average Bonchev–Trinajstić information content (AvgIpc) is 0.908. The Kier molecular flexibility index (Phi) is 71.8. The summed E-state index contributed by atoms with van der Waals surface area (Å²) in [6.07, 6.45) is 80.8. The van der Waals surface area contributed by atoms with Crippen LogP contribution in [0.15, 0.2) is 109 Å². The lowest BCUT2D eigenvalue weighted by Gasteiger charge is -2.21. The van der Waals surface area contributed by atoms with Crippen molar-refractivity contribution in [1.82, 2.24) is 0 Å². The number of rotatable bonds is 75. The number of aliphatic hydroxyl groups is 1. The molecule has 0 rings (SSSR count). The maximum atomic E-state index is 13.1. The lowest BCUT2D eigenvalue weighted by atomic mass is 10.1. The first-order valence-electron chi connectivity index (χ1n) is 40.1. The number of aliphatic hydroxyl groups excluding tert-OH is 1. The van der Waals surface area contributed by atoms with E-state index < -0.39 is 97.5 Å². The summed E-state index contributed by atoms with van der Waals surface area (Å²) in [7, 11) is -9.98. The molecule has 0 aliphatic carbocycles. The summed E-state index contributed by atoms with van der Waals surface area (Å²) in [6, 6.07) is 0. The van der Waals surface area contributed by atoms with Gasteiger partial charge in [0, 0.05) is 25.7 Å². The van der Waals surface area contributed by atoms with Crippen molar-refractivity contribution in [3.8, 4) is 0 Å². The van der Waals surface area contributed by atoms with E-state index in [9.17, 15) is 43.2 Å². The highest BCUT2D eigenvalue weighted by Crippen LogP contribution is 2.45. The number of hydrogen-bond acceptors (Lipinski definition) is 15. The molecule has 102 heavy (non-hydrogen) atoms. The number of carbonyl (C=O) groups is 4. The molecule has 0 spiro atoms. The van der Waals surface area contributed by atoms with Crippen molar-refractivity contribution in [3.05, 3.63) is 109 Å². The smallest absolute Gasteiger partial charge is 0.462 e. The van der Waals surface area contributed by atoms with Gasteiger partial charge in [0.1, 0.15) is 19.3 Å². The molecular formula is C83H144O17P2. The number of phosphoric acid groups is 2. The first kappa shape index (κ1) is 97.7. The van der Waals surface area contributed by atoms with Gasteiger partial charge >= 0.3 is 39.5 Å². The largest absolute Gasteiger partial charge is 0.472 e. The third-order valence-electron chi connectivity index (χ3n) is 16.7. The number of phosphoric ester groups is 2. The summed E-state index contributed by atoms with van der Waals surface area (Å²) in [5.74, 6) is -2.29. The van der Waals surface area contributed by atoms with Gasteiger partial charge < -0.3 is 33.8 Å². The third kappa shape index (κ3) is 74.0. The van der Waals surface area contributed by atoms with E-state index in [1.807, 2.05) is 18.2 Å². The van der Waals surface area contributed by atoms with E-state index in [4.69, 9.17) is 37.0 Å². The van der Waals surface area contributed by atoms with Gasteiger partial charge in [-0.1, -0.05) is 278 Å². The Hall–Kier alpha value is -4.28. The molecule has 0 aliphatic rings. The lowest BCUT2D eigenvalue weighted by Crippen LogP contribution is -2.30. The fourth-order valence-corrected chi connectivity index (χ4v) is 12.2. The summed E-state index contributed by atoms with van der Waals surface area (Å²) < 4.78 is 68.5. The van der Waals surface area contributed by atoms with Crippen LogP contribution in [0.2, 0.25) is 0 Å². The molecule has 19 heteroatoms. The first-order chi connectivity index (χ1) is 49.7. The molecule has 5 atom stereocenters. The standard InChI is InChI=1S/C83H144O17P2/c1-5-9-13-17-21-25-29-33-36-37-38-39-42-46-50-54-58-62-66-70-83(88)100-79(74-94-81(86)68-64-60-56-52-48-45-41-35-31-27-23-19-15-11-7-3)76-98-102(91,92)96-72-77(84)71-95-101(89,90)97-75-78(99-82(87)69-65-61-57-53-49-43-32-28-24-20-16-12-8-4)73-93-80(85)67-63-59-55-51-47-44-40-34-30-26-22-18-14-10-6-2/h9,13,21,25,28,32-36,38-41,46,50,58,62,77-79,84H,5-8,10-12,14-20,22-24,26-27,29-31,37,42-45,47-49,51-57,59-61,63-76H2,1-4H3,(H,89,90)(H,91,92)/b13-9-,25-21-,32-28-,36-33-,39-38-,40-34-,41-35-,50-46-,62-58-/t77-,78+,79+/m0/s1. The molecular weight excluding hydrogens is 1330 g/mol. The molecule has 17 nitrogen and oxygen atoms in total. The quantitative estimate of drug-likeness (QED) is 0.0169. The first-order valence-corrected chi connectivity index (χ1v) is 43.1. The Labute approximate surface area is 619 Å². The molecule has 0 amide bonds. The molecule has 2 unspecified atom stereocenters. The fourth-order valence-electron chi connectivity index (χ4n) is 10.6. The van der Waals surface area contributed by atoms with E-state index in [1.165, 1.54) is 103 Å². The van der Waals surface area contributed by atoms with Crippen molar-refractivity contribution in [1.29, 1.82) is 0 Å². The van der Waals surface area contributed by atoms with Gasteiger partial charge in [0.2, 0.25) is 0 Å². The van der Waals surface area contributed by atoms with E-state index in [2.05, 4.69) is 119 Å². The molecule has 0 fully saturated rings. The van der Waals surface area contributed by atoms with Gasteiger partial charge in [0.05, 0.1) is 26.4 Å². The molecule has 0 aliphatic heterocycles. The van der Waals surface area contributed by atoms with E-state index in [-0.39, 0.29) is 25.7 Å². The summed E-state index contributed by atoms with van der Waals surface area (Å²) in [6.45, 7) is 4.65. The Morgan fingerprint density at radius 2 is 0.529 bits per heavy atom. The predicted octanol–water partition coefficient (Wildman–Crippen LogP) is 23.3. The van der Waals surface area contributed by atoms with Gasteiger partial charge in [-0.2, -0.15) is 0 Å².